The average molecular weight is 415 g/mol. The zero-order valence-corrected chi connectivity index (χ0v) is 17.4. The second-order valence-electron chi connectivity index (χ2n) is 7.91. The van der Waals surface area contributed by atoms with E-state index in [0.29, 0.717) is 17.0 Å². The van der Waals surface area contributed by atoms with E-state index < -0.39 is 29.4 Å². The van der Waals surface area contributed by atoms with Crippen molar-refractivity contribution in [3.8, 4) is 22.6 Å². The number of hydrogen-bond acceptors (Lipinski definition) is 5. The topological polar surface area (TPSA) is 77.2 Å². The second kappa shape index (κ2) is 8.22. The molecule has 0 unspecified atom stereocenters. The third-order valence-corrected chi connectivity index (χ3v) is 4.27. The van der Waals surface area contributed by atoms with Gasteiger partial charge in [0.1, 0.15) is 17.2 Å². The normalized spacial score (nSPS) is 12.5. The van der Waals surface area contributed by atoms with E-state index in [4.69, 9.17) is 9.26 Å². The molecule has 3 aromatic rings. The Kier molecular flexibility index (Phi) is 5.87. The van der Waals surface area contributed by atoms with E-state index in [-0.39, 0.29) is 17.0 Å². The van der Waals surface area contributed by atoms with E-state index in [9.17, 15) is 13.6 Å². The third kappa shape index (κ3) is 4.82. The molecule has 0 aliphatic heterocycles. The fourth-order valence-electron chi connectivity index (χ4n) is 2.99. The molecule has 0 fully saturated rings. The number of rotatable bonds is 4. The lowest BCUT2D eigenvalue weighted by Gasteiger charge is -2.22. The maximum absolute atomic E-state index is 14.9. The number of aryl methyl sites for hydroxylation is 1. The zero-order chi connectivity index (χ0) is 22.1. The summed E-state index contributed by atoms with van der Waals surface area (Å²) >= 11 is 0. The number of alkyl carbamates (subject to hydrolysis) is 1. The number of ether oxygens (including phenoxy) is 1. The number of aromatic nitrogens is 2. The highest BCUT2D eigenvalue weighted by Crippen LogP contribution is 2.34. The van der Waals surface area contributed by atoms with Gasteiger partial charge in [0.15, 0.2) is 5.82 Å². The maximum Gasteiger partial charge on any atom is 0.408 e. The Morgan fingerprint density at radius 1 is 1.17 bits per heavy atom. The first-order valence-electron chi connectivity index (χ1n) is 9.43. The van der Waals surface area contributed by atoms with Gasteiger partial charge in [-0.1, -0.05) is 29.4 Å². The van der Waals surface area contributed by atoms with Gasteiger partial charge in [0.25, 0.3) is 5.89 Å². The number of nitrogens with one attached hydrogen (secondary N) is 1. The highest BCUT2D eigenvalue weighted by molar-refractivity contribution is 5.80. The molecule has 158 valence electrons. The first kappa shape index (κ1) is 21.4. The molecule has 30 heavy (non-hydrogen) atoms. The van der Waals surface area contributed by atoms with Gasteiger partial charge in [-0.05, 0) is 57.9 Å². The molecule has 0 spiro atoms. The molecule has 3 rings (SSSR count). The van der Waals surface area contributed by atoms with E-state index in [1.165, 1.54) is 18.2 Å². The fourth-order valence-corrected chi connectivity index (χ4v) is 2.99. The van der Waals surface area contributed by atoms with Gasteiger partial charge >= 0.3 is 6.09 Å². The van der Waals surface area contributed by atoms with Crippen molar-refractivity contribution in [3.05, 3.63) is 59.4 Å². The first-order chi connectivity index (χ1) is 14.0. The number of benzene rings is 2. The molecule has 0 saturated carbocycles. The van der Waals surface area contributed by atoms with Crippen molar-refractivity contribution < 1.29 is 22.8 Å². The van der Waals surface area contributed by atoms with Crippen molar-refractivity contribution in [2.45, 2.75) is 46.3 Å². The number of halogens is 2. The highest BCUT2D eigenvalue weighted by atomic mass is 19.1. The highest BCUT2D eigenvalue weighted by Gasteiger charge is 2.22. The molecule has 8 heteroatoms. The fraction of sp³-hybridized carbons (Fsp3) is 0.318. The van der Waals surface area contributed by atoms with Crippen LogP contribution in [0, 0.1) is 18.6 Å². The molecule has 6 nitrogen and oxygen atoms in total. The van der Waals surface area contributed by atoms with E-state index in [1.54, 1.807) is 52.8 Å². The molecule has 0 bridgehead atoms. The zero-order valence-electron chi connectivity index (χ0n) is 17.4. The van der Waals surface area contributed by atoms with Crippen LogP contribution in [0.25, 0.3) is 22.6 Å². The summed E-state index contributed by atoms with van der Waals surface area (Å²) in [4.78, 5) is 16.0. The minimum absolute atomic E-state index is 0.0186. The Morgan fingerprint density at radius 2 is 1.90 bits per heavy atom. The predicted molar refractivity (Wildman–Crippen MR) is 108 cm³/mol. The van der Waals surface area contributed by atoms with Gasteiger partial charge in [0.05, 0.1) is 11.6 Å². The Labute approximate surface area is 173 Å². The lowest BCUT2D eigenvalue weighted by Crippen LogP contribution is -2.34. The molecular weight excluding hydrogens is 392 g/mol. The summed E-state index contributed by atoms with van der Waals surface area (Å²) in [7, 11) is 0. The lowest BCUT2D eigenvalue weighted by molar-refractivity contribution is 0.0507. The smallest absolute Gasteiger partial charge is 0.408 e. The van der Waals surface area contributed by atoms with Crippen LogP contribution in [0.5, 0.6) is 0 Å². The molecule has 1 atom stereocenters. The van der Waals surface area contributed by atoms with Gasteiger partial charge in [-0.3, -0.25) is 0 Å². The number of hydrogen-bond donors (Lipinski definition) is 1. The van der Waals surface area contributed by atoms with Gasteiger partial charge < -0.3 is 14.6 Å². The van der Waals surface area contributed by atoms with Crippen LogP contribution < -0.4 is 5.32 Å². The molecule has 1 amide bonds. The predicted octanol–water partition coefficient (Wildman–Crippen LogP) is 5.58. The van der Waals surface area contributed by atoms with Crippen molar-refractivity contribution in [2.75, 3.05) is 0 Å². The third-order valence-electron chi connectivity index (χ3n) is 4.27. The van der Waals surface area contributed by atoms with E-state index in [2.05, 4.69) is 15.5 Å². The average Bonchev–Trinajstić information content (AvgIpc) is 3.05. The SMILES string of the molecule is Cc1noc(-c2c(F)cccc2-c2ccc([C@@H](C)NC(=O)OC(C)(C)C)c(F)c2)n1. The monoisotopic (exact) mass is 415 g/mol. The molecule has 0 aliphatic carbocycles. The van der Waals surface area contributed by atoms with Gasteiger partial charge in [-0.15, -0.1) is 0 Å². The van der Waals surface area contributed by atoms with Crippen molar-refractivity contribution in [1.82, 2.24) is 15.5 Å². The van der Waals surface area contributed by atoms with E-state index in [0.717, 1.165) is 0 Å². The van der Waals surface area contributed by atoms with Gasteiger partial charge in [0, 0.05) is 5.56 Å². The summed E-state index contributed by atoms with van der Waals surface area (Å²) in [5.74, 6) is -0.721. The van der Waals surface area contributed by atoms with Gasteiger partial charge in [0.2, 0.25) is 0 Å². The van der Waals surface area contributed by atoms with Crippen LogP contribution in [0.3, 0.4) is 0 Å². The largest absolute Gasteiger partial charge is 0.444 e. The Hall–Kier alpha value is -3.29. The molecular formula is C22H23F2N3O3. The van der Waals surface area contributed by atoms with Crippen molar-refractivity contribution in [1.29, 1.82) is 0 Å². The molecule has 0 aliphatic rings. The van der Waals surface area contributed by atoms with Gasteiger partial charge in [-0.25, -0.2) is 13.6 Å². The van der Waals surface area contributed by atoms with Crippen molar-refractivity contribution in [3.63, 3.8) is 0 Å². The van der Waals surface area contributed by atoms with Crippen LogP contribution in [-0.4, -0.2) is 21.8 Å². The van der Waals surface area contributed by atoms with Crippen LogP contribution in [0.15, 0.2) is 40.9 Å². The van der Waals surface area contributed by atoms with Crippen LogP contribution in [0.1, 0.15) is 45.1 Å². The number of carbonyl (C=O) groups is 1. The lowest BCUT2D eigenvalue weighted by atomic mass is 9.96. The molecule has 0 radical (unpaired) electrons. The van der Waals surface area contributed by atoms with Gasteiger partial charge in [-0.2, -0.15) is 4.98 Å². The van der Waals surface area contributed by atoms with Crippen LogP contribution in [0.2, 0.25) is 0 Å². The maximum atomic E-state index is 14.9. The first-order valence-corrected chi connectivity index (χ1v) is 9.43. The second-order valence-corrected chi connectivity index (χ2v) is 7.91. The minimum atomic E-state index is -0.660. The number of amides is 1. The summed E-state index contributed by atoms with van der Waals surface area (Å²) in [5, 5.41) is 6.31. The molecule has 0 saturated heterocycles. The molecule has 1 heterocycles. The van der Waals surface area contributed by atoms with E-state index >= 15 is 0 Å². The molecule has 2 aromatic carbocycles. The summed E-state index contributed by atoms with van der Waals surface area (Å²) < 4.78 is 39.7. The summed E-state index contributed by atoms with van der Waals surface area (Å²) in [5.41, 5.74) is 0.567. The van der Waals surface area contributed by atoms with Crippen molar-refractivity contribution in [2.24, 2.45) is 0 Å². The number of carbonyl (C=O) groups excluding carboxylic acids is 1. The Morgan fingerprint density at radius 3 is 2.50 bits per heavy atom. The Bertz CT molecular complexity index is 1070. The minimum Gasteiger partial charge on any atom is -0.444 e. The van der Waals surface area contributed by atoms with Crippen LogP contribution >= 0.6 is 0 Å². The van der Waals surface area contributed by atoms with Crippen molar-refractivity contribution >= 4 is 6.09 Å². The summed E-state index contributed by atoms with van der Waals surface area (Å²) in [6.45, 7) is 8.51. The Balaban J connectivity index is 1.91. The molecule has 1 N–H and O–H groups in total. The molecule has 1 aromatic heterocycles. The van der Waals surface area contributed by atoms with E-state index in [1.807, 2.05) is 0 Å². The number of nitrogens with zero attached hydrogens (tertiary/aromatic N) is 2. The standard InChI is InChI=1S/C22H23F2N3O3/c1-12(25-21(28)29-22(3,4)5)15-10-9-14(11-18(15)24)16-7-6-8-17(23)19(16)20-26-13(2)27-30-20/h6-12H,1-5H3,(H,25,28)/t12-/m1/s1. The van der Waals surface area contributed by atoms with Crippen LogP contribution in [0.4, 0.5) is 13.6 Å². The summed E-state index contributed by atoms with van der Waals surface area (Å²) in [6.07, 6.45) is -0.641. The summed E-state index contributed by atoms with van der Waals surface area (Å²) in [6, 6.07) is 8.29. The quantitative estimate of drug-likeness (QED) is 0.602. The van der Waals surface area contributed by atoms with Crippen LogP contribution in [-0.2, 0) is 4.74 Å².